The lowest BCUT2D eigenvalue weighted by molar-refractivity contribution is 0.281. The molecule has 1 unspecified atom stereocenters. The summed E-state index contributed by atoms with van der Waals surface area (Å²) in [5.41, 5.74) is 1.98. The monoisotopic (exact) mass is 190 g/mol. The molecule has 0 aromatic heterocycles. The number of hydrogen-bond donors (Lipinski definition) is 2. The van der Waals surface area contributed by atoms with Gasteiger partial charge in [0.2, 0.25) is 0 Å². The molecule has 1 atom stereocenters. The summed E-state index contributed by atoms with van der Waals surface area (Å²) in [6.45, 7) is 2.53. The Morgan fingerprint density at radius 3 is 2.86 bits per heavy atom. The van der Waals surface area contributed by atoms with Crippen LogP contribution in [0.5, 0.6) is 0 Å². The number of aliphatic hydroxyl groups excluding tert-OH is 1. The highest BCUT2D eigenvalue weighted by molar-refractivity contribution is 5.22. The zero-order valence-electron chi connectivity index (χ0n) is 8.20. The first-order chi connectivity index (χ1) is 6.76. The average Bonchev–Trinajstić information content (AvgIpc) is 2.26. The van der Waals surface area contributed by atoms with Gasteiger partial charge in [0.15, 0.2) is 0 Å². The van der Waals surface area contributed by atoms with E-state index in [9.17, 15) is 0 Å². The normalized spacial score (nSPS) is 12.1. The van der Waals surface area contributed by atoms with E-state index < -0.39 is 0 Å². The van der Waals surface area contributed by atoms with Crippen LogP contribution < -0.4 is 5.32 Å². The predicted molar refractivity (Wildman–Crippen MR) is 54.3 cm³/mol. The Labute approximate surface area is 84.0 Å². The molecule has 1 aromatic carbocycles. The van der Waals surface area contributed by atoms with Gasteiger partial charge in [-0.3, -0.25) is 5.32 Å². The third-order valence-corrected chi connectivity index (χ3v) is 1.98. The second-order valence-electron chi connectivity index (χ2n) is 3.21. The van der Waals surface area contributed by atoms with Crippen molar-refractivity contribution in [1.29, 1.82) is 5.26 Å². The molecule has 14 heavy (non-hydrogen) atoms. The molecule has 0 spiro atoms. The first kappa shape index (κ1) is 10.7. The molecule has 1 aromatic rings. The van der Waals surface area contributed by atoms with Crippen molar-refractivity contribution in [2.24, 2.45) is 0 Å². The molecule has 0 aliphatic carbocycles. The fourth-order valence-corrected chi connectivity index (χ4v) is 1.15. The minimum absolute atomic E-state index is 0.0572. The molecule has 3 heteroatoms. The largest absolute Gasteiger partial charge is 0.392 e. The van der Waals surface area contributed by atoms with Crippen molar-refractivity contribution in [3.63, 3.8) is 0 Å². The summed E-state index contributed by atoms with van der Waals surface area (Å²) in [5, 5.41) is 20.5. The summed E-state index contributed by atoms with van der Waals surface area (Å²) in [6.07, 6.45) is 0. The molecule has 0 saturated carbocycles. The van der Waals surface area contributed by atoms with Gasteiger partial charge in [0.1, 0.15) is 0 Å². The standard InChI is InChI=1S/C11H14N2O/c1-9(6-12)13-7-10-3-2-4-11(5-10)8-14/h2-5,9,13-14H,7-8H2,1H3. The molecular weight excluding hydrogens is 176 g/mol. The Balaban J connectivity index is 2.55. The number of nitriles is 1. The summed E-state index contributed by atoms with van der Waals surface area (Å²) in [6, 6.07) is 9.63. The van der Waals surface area contributed by atoms with Crippen molar-refractivity contribution in [3.05, 3.63) is 35.4 Å². The summed E-state index contributed by atoms with van der Waals surface area (Å²) >= 11 is 0. The Morgan fingerprint density at radius 1 is 1.50 bits per heavy atom. The molecule has 0 saturated heterocycles. The van der Waals surface area contributed by atoms with Crippen LogP contribution in [0.3, 0.4) is 0 Å². The van der Waals surface area contributed by atoms with Gasteiger partial charge in [0.25, 0.3) is 0 Å². The molecule has 0 aliphatic rings. The molecule has 0 radical (unpaired) electrons. The quantitative estimate of drug-likeness (QED) is 0.749. The first-order valence-electron chi connectivity index (χ1n) is 4.58. The lowest BCUT2D eigenvalue weighted by atomic mass is 10.1. The van der Waals surface area contributed by atoms with E-state index >= 15 is 0 Å². The number of rotatable bonds is 4. The highest BCUT2D eigenvalue weighted by Gasteiger charge is 1.99. The Bertz CT molecular complexity index is 330. The van der Waals surface area contributed by atoms with E-state index in [0.29, 0.717) is 6.54 Å². The van der Waals surface area contributed by atoms with Crippen molar-refractivity contribution in [1.82, 2.24) is 5.32 Å². The lowest BCUT2D eigenvalue weighted by Gasteiger charge is -2.06. The van der Waals surface area contributed by atoms with Gasteiger partial charge in [-0.05, 0) is 18.1 Å². The summed E-state index contributed by atoms with van der Waals surface area (Å²) in [7, 11) is 0. The first-order valence-corrected chi connectivity index (χ1v) is 4.58. The van der Waals surface area contributed by atoms with Crippen LogP contribution in [0, 0.1) is 11.3 Å². The van der Waals surface area contributed by atoms with E-state index in [-0.39, 0.29) is 12.6 Å². The third kappa shape index (κ3) is 3.17. The van der Waals surface area contributed by atoms with Gasteiger partial charge in [-0.1, -0.05) is 24.3 Å². The van der Waals surface area contributed by atoms with Crippen molar-refractivity contribution < 1.29 is 5.11 Å². The van der Waals surface area contributed by atoms with Crippen LogP contribution in [0.1, 0.15) is 18.1 Å². The number of aliphatic hydroxyl groups is 1. The minimum Gasteiger partial charge on any atom is -0.392 e. The van der Waals surface area contributed by atoms with Crippen LogP contribution in [-0.4, -0.2) is 11.1 Å². The number of nitrogens with zero attached hydrogens (tertiary/aromatic N) is 1. The van der Waals surface area contributed by atoms with E-state index in [0.717, 1.165) is 11.1 Å². The van der Waals surface area contributed by atoms with Gasteiger partial charge in [-0.25, -0.2) is 0 Å². The highest BCUT2D eigenvalue weighted by atomic mass is 16.3. The predicted octanol–water partition coefficient (Wildman–Crippen LogP) is 1.18. The maximum atomic E-state index is 8.91. The molecule has 0 fully saturated rings. The third-order valence-electron chi connectivity index (χ3n) is 1.98. The van der Waals surface area contributed by atoms with E-state index in [2.05, 4.69) is 11.4 Å². The van der Waals surface area contributed by atoms with E-state index in [1.807, 2.05) is 31.2 Å². The molecule has 0 aliphatic heterocycles. The smallest absolute Gasteiger partial charge is 0.0927 e. The topological polar surface area (TPSA) is 56.0 Å². The van der Waals surface area contributed by atoms with Crippen LogP contribution >= 0.6 is 0 Å². The van der Waals surface area contributed by atoms with Gasteiger partial charge in [-0.2, -0.15) is 5.26 Å². The molecule has 2 N–H and O–H groups in total. The summed E-state index contributed by atoms with van der Waals surface area (Å²) in [4.78, 5) is 0. The van der Waals surface area contributed by atoms with Crippen molar-refractivity contribution in [2.75, 3.05) is 0 Å². The maximum absolute atomic E-state index is 8.91. The molecule has 74 valence electrons. The van der Waals surface area contributed by atoms with Gasteiger partial charge in [0.05, 0.1) is 18.7 Å². The molecule has 3 nitrogen and oxygen atoms in total. The van der Waals surface area contributed by atoms with Crippen LogP contribution in [0.25, 0.3) is 0 Å². The van der Waals surface area contributed by atoms with E-state index in [1.165, 1.54) is 0 Å². The Hall–Kier alpha value is -1.37. The highest BCUT2D eigenvalue weighted by Crippen LogP contribution is 2.04. The van der Waals surface area contributed by atoms with Gasteiger partial charge in [-0.15, -0.1) is 0 Å². The maximum Gasteiger partial charge on any atom is 0.0927 e. The Morgan fingerprint density at radius 2 is 2.21 bits per heavy atom. The number of hydrogen-bond acceptors (Lipinski definition) is 3. The van der Waals surface area contributed by atoms with Crippen molar-refractivity contribution in [2.45, 2.75) is 26.1 Å². The fourth-order valence-electron chi connectivity index (χ4n) is 1.15. The second kappa shape index (κ2) is 5.38. The Kier molecular flexibility index (Phi) is 4.11. The number of benzene rings is 1. The fraction of sp³-hybridized carbons (Fsp3) is 0.364. The summed E-state index contributed by atoms with van der Waals surface area (Å²) in [5.74, 6) is 0. The molecule has 0 bridgehead atoms. The van der Waals surface area contributed by atoms with Crippen LogP contribution in [0.15, 0.2) is 24.3 Å². The molecule has 0 heterocycles. The van der Waals surface area contributed by atoms with Gasteiger partial charge >= 0.3 is 0 Å². The van der Waals surface area contributed by atoms with E-state index in [1.54, 1.807) is 0 Å². The zero-order chi connectivity index (χ0) is 10.4. The summed E-state index contributed by atoms with van der Waals surface area (Å²) < 4.78 is 0. The minimum atomic E-state index is -0.146. The van der Waals surface area contributed by atoms with Gasteiger partial charge in [0, 0.05) is 6.54 Å². The lowest BCUT2D eigenvalue weighted by Crippen LogP contribution is -2.23. The van der Waals surface area contributed by atoms with E-state index in [4.69, 9.17) is 10.4 Å². The molecular formula is C11H14N2O. The second-order valence-corrected chi connectivity index (χ2v) is 3.21. The average molecular weight is 190 g/mol. The van der Waals surface area contributed by atoms with Crippen LogP contribution in [0.4, 0.5) is 0 Å². The van der Waals surface area contributed by atoms with Gasteiger partial charge < -0.3 is 5.11 Å². The van der Waals surface area contributed by atoms with Crippen molar-refractivity contribution >= 4 is 0 Å². The van der Waals surface area contributed by atoms with Crippen LogP contribution in [-0.2, 0) is 13.2 Å². The zero-order valence-corrected chi connectivity index (χ0v) is 8.20. The number of nitrogens with one attached hydrogen (secondary N) is 1. The van der Waals surface area contributed by atoms with Crippen LogP contribution in [0.2, 0.25) is 0 Å². The van der Waals surface area contributed by atoms with Crippen molar-refractivity contribution in [3.8, 4) is 6.07 Å². The SMILES string of the molecule is CC(C#N)NCc1cccc(CO)c1. The molecule has 1 rings (SSSR count). The molecule has 0 amide bonds.